The molecule has 0 aliphatic carbocycles. The summed E-state index contributed by atoms with van der Waals surface area (Å²) in [4.78, 5) is 21.0. The lowest BCUT2D eigenvalue weighted by Crippen LogP contribution is -2.38. The number of H-pyrrole nitrogens is 1. The number of piperidine rings is 1. The first-order valence-electron chi connectivity index (χ1n) is 6.32. The van der Waals surface area contributed by atoms with Crippen LogP contribution in [0.4, 0.5) is 0 Å². The minimum absolute atomic E-state index is 0.0504. The van der Waals surface area contributed by atoms with Crippen molar-refractivity contribution >= 4 is 0 Å². The zero-order valence-electron chi connectivity index (χ0n) is 10.9. The van der Waals surface area contributed by atoms with Crippen LogP contribution < -0.4 is 5.56 Å². The predicted molar refractivity (Wildman–Crippen MR) is 67.8 cm³/mol. The van der Waals surface area contributed by atoms with Crippen molar-refractivity contribution in [3.8, 4) is 0 Å². The molecule has 1 fully saturated rings. The second-order valence-corrected chi connectivity index (χ2v) is 5.47. The van der Waals surface area contributed by atoms with Crippen LogP contribution in [0.25, 0.3) is 0 Å². The molecule has 0 spiro atoms. The quantitative estimate of drug-likeness (QED) is 0.846. The topological polar surface area (TPSA) is 49.0 Å². The highest BCUT2D eigenvalue weighted by atomic mass is 16.1. The van der Waals surface area contributed by atoms with E-state index in [1.54, 1.807) is 0 Å². The van der Waals surface area contributed by atoms with E-state index in [4.69, 9.17) is 0 Å². The molecule has 2 atom stereocenters. The lowest BCUT2D eigenvalue weighted by atomic mass is 9.92. The Kier molecular flexibility index (Phi) is 3.62. The molecular weight excluding hydrogens is 214 g/mol. The monoisotopic (exact) mass is 235 g/mol. The van der Waals surface area contributed by atoms with Gasteiger partial charge in [-0.25, -0.2) is 4.98 Å². The summed E-state index contributed by atoms with van der Waals surface area (Å²) >= 11 is 0. The number of aromatic nitrogens is 2. The van der Waals surface area contributed by atoms with E-state index in [1.807, 2.05) is 6.92 Å². The molecule has 1 aliphatic rings. The first-order chi connectivity index (χ1) is 8.02. The maximum Gasteiger partial charge on any atom is 0.251 e. The molecule has 1 aromatic heterocycles. The van der Waals surface area contributed by atoms with Crippen molar-refractivity contribution in [1.82, 2.24) is 14.9 Å². The van der Waals surface area contributed by atoms with Gasteiger partial charge in [0.2, 0.25) is 0 Å². The third-order valence-corrected chi connectivity index (χ3v) is 3.24. The third kappa shape index (κ3) is 3.40. The Morgan fingerprint density at radius 3 is 2.65 bits per heavy atom. The Balaban J connectivity index is 2.07. The van der Waals surface area contributed by atoms with Crippen molar-refractivity contribution in [2.45, 2.75) is 33.7 Å². The molecular formula is C13H21N3O. The zero-order valence-corrected chi connectivity index (χ0v) is 10.9. The first kappa shape index (κ1) is 12.3. The largest absolute Gasteiger partial charge is 0.309 e. The molecule has 1 aromatic rings. The van der Waals surface area contributed by atoms with Crippen LogP contribution in [0.15, 0.2) is 10.9 Å². The number of aryl methyl sites for hydroxylation is 1. The number of hydrogen-bond donors (Lipinski definition) is 1. The predicted octanol–water partition coefficient (Wildman–Crippen LogP) is 1.56. The molecule has 1 N–H and O–H groups in total. The van der Waals surface area contributed by atoms with Gasteiger partial charge in [0.1, 0.15) is 5.82 Å². The van der Waals surface area contributed by atoms with Crippen LogP contribution in [0.5, 0.6) is 0 Å². The van der Waals surface area contributed by atoms with Gasteiger partial charge in [0, 0.05) is 24.8 Å². The Hall–Kier alpha value is -1.16. The minimum Gasteiger partial charge on any atom is -0.309 e. The first-order valence-corrected chi connectivity index (χ1v) is 6.32. The van der Waals surface area contributed by atoms with Crippen molar-refractivity contribution in [3.63, 3.8) is 0 Å². The highest BCUT2D eigenvalue weighted by Gasteiger charge is 2.22. The molecule has 17 heavy (non-hydrogen) atoms. The van der Waals surface area contributed by atoms with Crippen LogP contribution in [-0.2, 0) is 6.54 Å². The van der Waals surface area contributed by atoms with E-state index in [9.17, 15) is 4.79 Å². The molecule has 1 aliphatic heterocycles. The summed E-state index contributed by atoms with van der Waals surface area (Å²) in [6, 6.07) is 1.53. The Morgan fingerprint density at radius 1 is 1.41 bits per heavy atom. The second kappa shape index (κ2) is 5.00. The highest BCUT2D eigenvalue weighted by Crippen LogP contribution is 2.21. The van der Waals surface area contributed by atoms with Crippen molar-refractivity contribution in [1.29, 1.82) is 0 Å². The van der Waals surface area contributed by atoms with Crippen molar-refractivity contribution < 1.29 is 0 Å². The third-order valence-electron chi connectivity index (χ3n) is 3.24. The molecule has 2 rings (SSSR count). The van der Waals surface area contributed by atoms with Crippen molar-refractivity contribution in [2.75, 3.05) is 13.1 Å². The highest BCUT2D eigenvalue weighted by molar-refractivity contribution is 5.00. The van der Waals surface area contributed by atoms with Gasteiger partial charge >= 0.3 is 0 Å². The Bertz CT molecular complexity index is 431. The van der Waals surface area contributed by atoms with Crippen molar-refractivity contribution in [2.24, 2.45) is 11.8 Å². The smallest absolute Gasteiger partial charge is 0.251 e. The fraction of sp³-hybridized carbons (Fsp3) is 0.692. The normalized spacial score (nSPS) is 26.1. The molecule has 0 saturated carbocycles. The van der Waals surface area contributed by atoms with Gasteiger partial charge in [0.25, 0.3) is 5.56 Å². The summed E-state index contributed by atoms with van der Waals surface area (Å²) in [5.41, 5.74) is 0.743. The maximum atomic E-state index is 11.4. The lowest BCUT2D eigenvalue weighted by Gasteiger charge is -2.34. The fourth-order valence-electron chi connectivity index (χ4n) is 2.85. The summed E-state index contributed by atoms with van der Waals surface area (Å²) in [5, 5.41) is 0. The van der Waals surface area contributed by atoms with Crippen LogP contribution in [0.1, 0.15) is 31.8 Å². The van der Waals surface area contributed by atoms with E-state index >= 15 is 0 Å². The molecule has 0 aromatic carbocycles. The fourth-order valence-corrected chi connectivity index (χ4v) is 2.85. The molecule has 1 saturated heterocycles. The molecule has 94 valence electrons. The Labute approximate surface area is 102 Å². The molecule has 4 nitrogen and oxygen atoms in total. The van der Waals surface area contributed by atoms with Gasteiger partial charge in [0.05, 0.1) is 6.54 Å². The maximum absolute atomic E-state index is 11.4. The van der Waals surface area contributed by atoms with Crippen molar-refractivity contribution in [3.05, 3.63) is 27.9 Å². The molecule has 0 unspecified atom stereocenters. The summed E-state index contributed by atoms with van der Waals surface area (Å²) in [6.07, 6.45) is 1.30. The number of hydrogen-bond acceptors (Lipinski definition) is 3. The molecule has 0 radical (unpaired) electrons. The Morgan fingerprint density at radius 2 is 2.06 bits per heavy atom. The van der Waals surface area contributed by atoms with Gasteiger partial charge in [-0.2, -0.15) is 0 Å². The number of aromatic amines is 1. The average Bonchev–Trinajstić information content (AvgIpc) is 2.13. The number of rotatable bonds is 2. The second-order valence-electron chi connectivity index (χ2n) is 5.47. The summed E-state index contributed by atoms with van der Waals surface area (Å²) in [5.74, 6) is 2.25. The number of nitrogens with zero attached hydrogens (tertiary/aromatic N) is 2. The van der Waals surface area contributed by atoms with Crippen LogP contribution in [-0.4, -0.2) is 28.0 Å². The van der Waals surface area contributed by atoms with Crippen LogP contribution >= 0.6 is 0 Å². The van der Waals surface area contributed by atoms with Crippen LogP contribution in [0, 0.1) is 18.8 Å². The van der Waals surface area contributed by atoms with E-state index in [-0.39, 0.29) is 5.56 Å². The molecule has 4 heteroatoms. The van der Waals surface area contributed by atoms with Gasteiger partial charge < -0.3 is 4.98 Å². The summed E-state index contributed by atoms with van der Waals surface area (Å²) in [7, 11) is 0. The van der Waals surface area contributed by atoms with E-state index < -0.39 is 0 Å². The average molecular weight is 235 g/mol. The van der Waals surface area contributed by atoms with Gasteiger partial charge in [-0.1, -0.05) is 13.8 Å². The van der Waals surface area contributed by atoms with E-state index in [0.29, 0.717) is 0 Å². The molecule has 0 amide bonds. The minimum atomic E-state index is -0.0504. The van der Waals surface area contributed by atoms with E-state index in [1.165, 1.54) is 12.5 Å². The van der Waals surface area contributed by atoms with Gasteiger partial charge in [-0.15, -0.1) is 0 Å². The van der Waals surface area contributed by atoms with Gasteiger partial charge in [-0.3, -0.25) is 9.69 Å². The van der Waals surface area contributed by atoms with E-state index in [2.05, 4.69) is 28.7 Å². The SMILES string of the molecule is Cc1cc(=O)[nH]c(CN2C[C@H](C)C[C@H](C)C2)n1. The van der Waals surface area contributed by atoms with Gasteiger partial charge in [-0.05, 0) is 25.2 Å². The molecule has 0 bridgehead atoms. The van der Waals surface area contributed by atoms with Crippen LogP contribution in [0.2, 0.25) is 0 Å². The summed E-state index contributed by atoms with van der Waals surface area (Å²) < 4.78 is 0. The number of nitrogens with one attached hydrogen (secondary N) is 1. The standard InChI is InChI=1S/C13H21N3O/c1-9-4-10(2)7-16(6-9)8-12-14-11(3)5-13(17)15-12/h5,9-10H,4,6-8H2,1-3H3,(H,14,15,17)/t9-,10+. The lowest BCUT2D eigenvalue weighted by molar-refractivity contribution is 0.131. The van der Waals surface area contributed by atoms with Gasteiger partial charge in [0.15, 0.2) is 0 Å². The molecule has 2 heterocycles. The zero-order chi connectivity index (χ0) is 12.4. The summed E-state index contributed by atoms with van der Waals surface area (Å²) in [6.45, 7) is 9.39. The van der Waals surface area contributed by atoms with E-state index in [0.717, 1.165) is 43.0 Å². The number of likely N-dealkylation sites (tertiary alicyclic amines) is 1. The van der Waals surface area contributed by atoms with Crippen LogP contribution in [0.3, 0.4) is 0 Å².